The van der Waals surface area contributed by atoms with Crippen LogP contribution in [0, 0.1) is 5.82 Å². The fraction of sp³-hybridized carbons (Fsp3) is 0.759. The molecule has 2 rings (SSSR count). The van der Waals surface area contributed by atoms with Crippen molar-refractivity contribution < 1.29 is 32.9 Å². The largest absolute Gasteiger partial charge is 0.379 e. The van der Waals surface area contributed by atoms with E-state index in [2.05, 4.69) is 27.7 Å². The molecule has 36 heavy (non-hydrogen) atoms. The number of unbranched alkanes of at least 4 members (excludes halogenated alkanes) is 4. The van der Waals surface area contributed by atoms with Crippen LogP contribution in [0.25, 0.3) is 0 Å². The van der Waals surface area contributed by atoms with Gasteiger partial charge in [0, 0.05) is 32.0 Å². The summed E-state index contributed by atoms with van der Waals surface area (Å²) in [6, 6.07) is 4.32. The molecule has 0 radical (unpaired) electrons. The van der Waals surface area contributed by atoms with Gasteiger partial charge in [-0.25, -0.2) is 4.39 Å². The molecular weight excluding hydrogens is 463 g/mol. The number of hydrogen-bond donors (Lipinski definition) is 0. The van der Waals surface area contributed by atoms with Crippen LogP contribution in [-0.2, 0) is 23.7 Å². The first-order chi connectivity index (χ1) is 17.6. The molecule has 6 nitrogen and oxygen atoms in total. The van der Waals surface area contributed by atoms with Crippen molar-refractivity contribution in [2.24, 2.45) is 0 Å². The highest BCUT2D eigenvalue weighted by atomic mass is 19.1. The Balaban J connectivity index is 2.44. The van der Waals surface area contributed by atoms with Gasteiger partial charge in [0.15, 0.2) is 0 Å². The van der Waals surface area contributed by atoms with Gasteiger partial charge in [0.25, 0.3) is 0 Å². The van der Waals surface area contributed by atoms with Crippen LogP contribution in [0.15, 0.2) is 18.2 Å². The average Bonchev–Trinajstić information content (AvgIpc) is 2.88. The Morgan fingerprint density at radius 2 is 1.33 bits per heavy atom. The van der Waals surface area contributed by atoms with Crippen molar-refractivity contribution in [1.29, 1.82) is 0 Å². The molecule has 0 bridgehead atoms. The highest BCUT2D eigenvalue weighted by molar-refractivity contribution is 5.75. The zero-order valence-corrected chi connectivity index (χ0v) is 22.7. The van der Waals surface area contributed by atoms with Gasteiger partial charge in [-0.05, 0) is 49.4 Å². The molecule has 0 N–H and O–H groups in total. The molecule has 1 saturated heterocycles. The molecule has 1 aromatic rings. The summed E-state index contributed by atoms with van der Waals surface area (Å²) in [6.45, 7) is 11.2. The number of benzene rings is 1. The monoisotopic (exact) mass is 510 g/mol. The standard InChI is InChI=1S/C29H47FO6/c1-5-9-13-32-21-25-27(33-14-10-6-2)29(35-16-12-8-4)28(34-15-11-7-3)26(36-25)23-17-22(20-31)18-24(30)19-23/h17-20,25-29H,5-16,21H2,1-4H3/t25?,26?,27-,28+,29?/m1/s1. The second-order valence-electron chi connectivity index (χ2n) is 9.53. The summed E-state index contributed by atoms with van der Waals surface area (Å²) < 4.78 is 46.3. The SMILES string of the molecule is CCCCOCC1OC(c2cc(F)cc(C=O)c2)[C@H](OCCCC)C(OCCCC)[C@@H]1OCCCC. The molecule has 0 amide bonds. The molecule has 206 valence electrons. The molecule has 0 aromatic heterocycles. The third kappa shape index (κ3) is 9.82. The second-order valence-corrected chi connectivity index (χ2v) is 9.53. The van der Waals surface area contributed by atoms with Crippen molar-refractivity contribution in [2.75, 3.05) is 33.0 Å². The van der Waals surface area contributed by atoms with E-state index in [1.807, 2.05) is 0 Å². The minimum atomic E-state index is -0.617. The van der Waals surface area contributed by atoms with Crippen LogP contribution >= 0.6 is 0 Å². The molecule has 1 heterocycles. The van der Waals surface area contributed by atoms with E-state index in [1.54, 1.807) is 6.07 Å². The van der Waals surface area contributed by atoms with Crippen molar-refractivity contribution in [3.05, 3.63) is 35.1 Å². The Bertz CT molecular complexity index is 730. The van der Waals surface area contributed by atoms with Crippen LogP contribution in [0.4, 0.5) is 4.39 Å². The highest BCUT2D eigenvalue weighted by Crippen LogP contribution is 2.38. The minimum Gasteiger partial charge on any atom is -0.379 e. The van der Waals surface area contributed by atoms with E-state index in [1.165, 1.54) is 12.1 Å². The number of carbonyl (C=O) groups excluding carboxylic acids is 1. The molecule has 5 atom stereocenters. The Morgan fingerprint density at radius 3 is 1.92 bits per heavy atom. The summed E-state index contributed by atoms with van der Waals surface area (Å²) in [4.78, 5) is 11.5. The smallest absolute Gasteiger partial charge is 0.150 e. The summed E-state index contributed by atoms with van der Waals surface area (Å²) in [5.74, 6) is -0.481. The molecule has 1 aromatic carbocycles. The lowest BCUT2D eigenvalue weighted by molar-refractivity contribution is -0.268. The van der Waals surface area contributed by atoms with Crippen LogP contribution in [0.3, 0.4) is 0 Å². The van der Waals surface area contributed by atoms with Crippen molar-refractivity contribution in [1.82, 2.24) is 0 Å². The van der Waals surface area contributed by atoms with Crippen molar-refractivity contribution in [3.8, 4) is 0 Å². The van der Waals surface area contributed by atoms with Gasteiger partial charge in [0.1, 0.15) is 42.6 Å². The number of hydrogen-bond acceptors (Lipinski definition) is 6. The number of ether oxygens (including phenoxy) is 5. The van der Waals surface area contributed by atoms with E-state index in [4.69, 9.17) is 23.7 Å². The van der Waals surface area contributed by atoms with Crippen LogP contribution in [0.2, 0.25) is 0 Å². The van der Waals surface area contributed by atoms with Crippen LogP contribution in [0.1, 0.15) is 101 Å². The Kier molecular flexibility index (Phi) is 15.4. The van der Waals surface area contributed by atoms with E-state index in [0.717, 1.165) is 51.4 Å². The zero-order valence-electron chi connectivity index (χ0n) is 22.7. The molecule has 0 saturated carbocycles. The number of halogens is 1. The summed E-state index contributed by atoms with van der Waals surface area (Å²) in [7, 11) is 0. The van der Waals surface area contributed by atoms with Gasteiger partial charge in [-0.3, -0.25) is 4.79 Å². The molecule has 1 aliphatic rings. The van der Waals surface area contributed by atoms with E-state index < -0.39 is 30.2 Å². The zero-order chi connectivity index (χ0) is 26.2. The summed E-state index contributed by atoms with van der Waals surface area (Å²) in [5.41, 5.74) is 0.828. The predicted octanol–water partition coefficient (Wildman–Crippen LogP) is 6.45. The Hall–Kier alpha value is -1.38. The van der Waals surface area contributed by atoms with Crippen molar-refractivity contribution in [3.63, 3.8) is 0 Å². The maximum Gasteiger partial charge on any atom is 0.150 e. The lowest BCUT2D eigenvalue weighted by Crippen LogP contribution is -2.58. The number of aldehydes is 1. The molecule has 1 aliphatic heterocycles. The van der Waals surface area contributed by atoms with Crippen LogP contribution in [-0.4, -0.2) is 63.7 Å². The number of rotatable bonds is 19. The molecule has 1 fully saturated rings. The first kappa shape index (κ1) is 30.8. The summed E-state index contributed by atoms with van der Waals surface area (Å²) in [5, 5.41) is 0. The van der Waals surface area contributed by atoms with Gasteiger partial charge >= 0.3 is 0 Å². The van der Waals surface area contributed by atoms with Gasteiger partial charge < -0.3 is 23.7 Å². The predicted molar refractivity (Wildman–Crippen MR) is 139 cm³/mol. The van der Waals surface area contributed by atoms with Gasteiger partial charge in [0.2, 0.25) is 0 Å². The van der Waals surface area contributed by atoms with Gasteiger partial charge in [0.05, 0.1) is 6.61 Å². The minimum absolute atomic E-state index is 0.265. The normalized spacial score (nSPS) is 24.2. The quantitative estimate of drug-likeness (QED) is 0.157. The fourth-order valence-corrected chi connectivity index (χ4v) is 4.30. The molecule has 0 spiro atoms. The topological polar surface area (TPSA) is 63.2 Å². The Labute approximate surface area is 217 Å². The van der Waals surface area contributed by atoms with E-state index in [0.29, 0.717) is 44.9 Å². The summed E-state index contributed by atoms with van der Waals surface area (Å²) in [6.07, 6.45) is 6.07. The maximum atomic E-state index is 14.5. The van der Waals surface area contributed by atoms with Gasteiger partial charge in [-0.1, -0.05) is 53.4 Å². The van der Waals surface area contributed by atoms with Crippen LogP contribution < -0.4 is 0 Å². The highest BCUT2D eigenvalue weighted by Gasteiger charge is 2.48. The third-order valence-electron chi connectivity index (χ3n) is 6.39. The lowest BCUT2D eigenvalue weighted by Gasteiger charge is -2.46. The third-order valence-corrected chi connectivity index (χ3v) is 6.39. The molecule has 0 aliphatic carbocycles. The first-order valence-corrected chi connectivity index (χ1v) is 13.9. The van der Waals surface area contributed by atoms with E-state index in [-0.39, 0.29) is 11.7 Å². The summed E-state index contributed by atoms with van der Waals surface area (Å²) >= 11 is 0. The van der Waals surface area contributed by atoms with Crippen LogP contribution in [0.5, 0.6) is 0 Å². The maximum absolute atomic E-state index is 14.5. The second kappa shape index (κ2) is 18.0. The Morgan fingerprint density at radius 1 is 0.778 bits per heavy atom. The molecule has 7 heteroatoms. The first-order valence-electron chi connectivity index (χ1n) is 13.9. The number of carbonyl (C=O) groups is 1. The van der Waals surface area contributed by atoms with Crippen molar-refractivity contribution >= 4 is 6.29 Å². The average molecular weight is 511 g/mol. The van der Waals surface area contributed by atoms with E-state index in [9.17, 15) is 9.18 Å². The van der Waals surface area contributed by atoms with E-state index >= 15 is 0 Å². The lowest BCUT2D eigenvalue weighted by atomic mass is 9.89. The molecular formula is C29H47FO6. The molecule has 3 unspecified atom stereocenters. The van der Waals surface area contributed by atoms with Crippen molar-refractivity contribution in [2.45, 2.75) is 110 Å². The van der Waals surface area contributed by atoms with Gasteiger partial charge in [-0.15, -0.1) is 0 Å². The van der Waals surface area contributed by atoms with Gasteiger partial charge in [-0.2, -0.15) is 0 Å². The fourth-order valence-electron chi connectivity index (χ4n) is 4.30.